The predicted octanol–water partition coefficient (Wildman–Crippen LogP) is 11.7. The van der Waals surface area contributed by atoms with E-state index < -0.39 is 0 Å². The number of para-hydroxylation sites is 1. The lowest BCUT2D eigenvalue weighted by molar-refractivity contribution is 1.18. The van der Waals surface area contributed by atoms with Gasteiger partial charge < -0.3 is 0 Å². The zero-order valence-corrected chi connectivity index (χ0v) is 26.2. The highest BCUT2D eigenvalue weighted by atomic mass is 32.1. The molecule has 4 heteroatoms. The van der Waals surface area contributed by atoms with Crippen molar-refractivity contribution in [3.63, 3.8) is 0 Å². The summed E-state index contributed by atoms with van der Waals surface area (Å²) in [5, 5.41) is 2.34. The molecule has 0 fully saturated rings. The number of pyridine rings is 1. The van der Waals surface area contributed by atoms with Gasteiger partial charge in [0.25, 0.3) is 0 Å². The van der Waals surface area contributed by atoms with Crippen LogP contribution in [0.5, 0.6) is 0 Å². The number of hydrogen-bond donors (Lipinski definition) is 0. The van der Waals surface area contributed by atoms with E-state index in [4.69, 9.17) is 15.0 Å². The van der Waals surface area contributed by atoms with Crippen molar-refractivity contribution in [2.75, 3.05) is 0 Å². The maximum absolute atomic E-state index is 5.14. The first kappa shape index (κ1) is 27.3. The SMILES string of the molecule is c1ccc(-c2ccc(-c3cc(-c4cccc(-c5c6ccccc6nc6c5sc5ccccc56)c4)nc(-c4ccccc4)n3)cc2)cc1. The van der Waals surface area contributed by atoms with Crippen LogP contribution in [0.3, 0.4) is 0 Å². The molecule has 9 rings (SSSR count). The Morgan fingerprint density at radius 3 is 1.74 bits per heavy atom. The molecule has 0 unspecified atom stereocenters. The summed E-state index contributed by atoms with van der Waals surface area (Å²) in [6.45, 7) is 0. The summed E-state index contributed by atoms with van der Waals surface area (Å²) in [5.41, 5.74) is 11.6. The van der Waals surface area contributed by atoms with E-state index in [1.165, 1.54) is 31.5 Å². The second kappa shape index (κ2) is 11.4. The predicted molar refractivity (Wildman–Crippen MR) is 197 cm³/mol. The Labute approximate surface area is 276 Å². The maximum Gasteiger partial charge on any atom is 0.160 e. The largest absolute Gasteiger partial charge is 0.246 e. The molecular weight excluding hydrogens is 591 g/mol. The summed E-state index contributed by atoms with van der Waals surface area (Å²) in [6.07, 6.45) is 0. The molecule has 0 spiro atoms. The first-order chi connectivity index (χ1) is 23.3. The minimum absolute atomic E-state index is 0.705. The summed E-state index contributed by atoms with van der Waals surface area (Å²) >= 11 is 1.81. The fraction of sp³-hybridized carbons (Fsp3) is 0. The average molecular weight is 618 g/mol. The van der Waals surface area contributed by atoms with E-state index in [0.29, 0.717) is 5.82 Å². The molecule has 6 aromatic carbocycles. The third kappa shape index (κ3) is 4.96. The van der Waals surface area contributed by atoms with Crippen molar-refractivity contribution >= 4 is 42.5 Å². The van der Waals surface area contributed by atoms with Crippen LogP contribution in [0.4, 0.5) is 0 Å². The summed E-state index contributed by atoms with van der Waals surface area (Å²) < 4.78 is 2.45. The molecule has 0 aliphatic rings. The quantitative estimate of drug-likeness (QED) is 0.193. The van der Waals surface area contributed by atoms with Crippen molar-refractivity contribution < 1.29 is 0 Å². The second-order valence-corrected chi connectivity index (χ2v) is 12.7. The Bertz CT molecular complexity index is 2550. The van der Waals surface area contributed by atoms with Gasteiger partial charge in [0.2, 0.25) is 0 Å². The monoisotopic (exact) mass is 617 g/mol. The number of aromatic nitrogens is 3. The van der Waals surface area contributed by atoms with Crippen LogP contribution in [0.1, 0.15) is 0 Å². The summed E-state index contributed by atoms with van der Waals surface area (Å²) in [7, 11) is 0. The first-order valence-electron chi connectivity index (χ1n) is 15.7. The van der Waals surface area contributed by atoms with Crippen LogP contribution >= 0.6 is 11.3 Å². The molecule has 3 heterocycles. The Hall–Kier alpha value is -5.97. The Morgan fingerprint density at radius 1 is 0.383 bits per heavy atom. The average Bonchev–Trinajstić information content (AvgIpc) is 3.52. The van der Waals surface area contributed by atoms with Crippen molar-refractivity contribution in [1.29, 1.82) is 0 Å². The molecule has 9 aromatic rings. The van der Waals surface area contributed by atoms with Gasteiger partial charge >= 0.3 is 0 Å². The molecule has 0 amide bonds. The summed E-state index contributed by atoms with van der Waals surface area (Å²) in [4.78, 5) is 15.3. The van der Waals surface area contributed by atoms with Crippen LogP contribution in [-0.2, 0) is 0 Å². The van der Waals surface area contributed by atoms with Gasteiger partial charge in [0.05, 0.1) is 27.1 Å². The third-order valence-corrected chi connectivity index (χ3v) is 9.87. The molecule has 0 saturated carbocycles. The molecule has 0 atom stereocenters. The highest BCUT2D eigenvalue weighted by Crippen LogP contribution is 2.43. The van der Waals surface area contributed by atoms with Gasteiger partial charge in [-0.3, -0.25) is 0 Å². The fourth-order valence-corrected chi connectivity index (χ4v) is 7.60. The first-order valence-corrected chi connectivity index (χ1v) is 16.5. The van der Waals surface area contributed by atoms with Crippen LogP contribution in [0.15, 0.2) is 164 Å². The number of rotatable bonds is 5. The van der Waals surface area contributed by atoms with E-state index >= 15 is 0 Å². The van der Waals surface area contributed by atoms with Gasteiger partial charge in [-0.2, -0.15) is 0 Å². The molecule has 0 aliphatic carbocycles. The summed E-state index contributed by atoms with van der Waals surface area (Å²) in [6, 6.07) is 57.2. The number of benzene rings is 6. The highest BCUT2D eigenvalue weighted by Gasteiger charge is 2.17. The Kier molecular flexibility index (Phi) is 6.65. The molecule has 3 nitrogen and oxygen atoms in total. The topological polar surface area (TPSA) is 38.7 Å². The number of fused-ring (bicyclic) bond motifs is 4. The molecule has 0 aliphatic heterocycles. The molecule has 0 N–H and O–H groups in total. The molecule has 3 aromatic heterocycles. The molecule has 0 saturated heterocycles. The lowest BCUT2D eigenvalue weighted by atomic mass is 9.97. The molecule has 220 valence electrons. The van der Waals surface area contributed by atoms with Crippen molar-refractivity contribution in [2.45, 2.75) is 0 Å². The van der Waals surface area contributed by atoms with Crippen LogP contribution in [0.25, 0.3) is 87.4 Å². The summed E-state index contributed by atoms with van der Waals surface area (Å²) in [5.74, 6) is 0.705. The van der Waals surface area contributed by atoms with Gasteiger partial charge in [0.1, 0.15) is 0 Å². The smallest absolute Gasteiger partial charge is 0.160 e. The van der Waals surface area contributed by atoms with E-state index in [1.807, 2.05) is 35.6 Å². The van der Waals surface area contributed by atoms with Gasteiger partial charge in [-0.1, -0.05) is 140 Å². The van der Waals surface area contributed by atoms with E-state index in [-0.39, 0.29) is 0 Å². The van der Waals surface area contributed by atoms with Gasteiger partial charge in [-0.05, 0) is 41.0 Å². The standard InChI is InChI=1S/C43H27N3S/c1-3-12-28(13-4-1)29-22-24-30(25-23-29)37-27-38(46-43(45-37)31-14-5-2-6-15-31)32-16-11-17-33(26-32)40-34-18-7-9-20-36(34)44-41-35-19-8-10-21-39(35)47-42(40)41/h1-27H. The van der Waals surface area contributed by atoms with Gasteiger partial charge in [-0.15, -0.1) is 11.3 Å². The molecule has 0 radical (unpaired) electrons. The van der Waals surface area contributed by atoms with Crippen molar-refractivity contribution in [2.24, 2.45) is 0 Å². The van der Waals surface area contributed by atoms with Gasteiger partial charge in [-0.25, -0.2) is 15.0 Å². The van der Waals surface area contributed by atoms with Crippen LogP contribution in [0, 0.1) is 0 Å². The van der Waals surface area contributed by atoms with Crippen molar-refractivity contribution in [3.8, 4) is 56.2 Å². The van der Waals surface area contributed by atoms with Crippen molar-refractivity contribution in [1.82, 2.24) is 15.0 Å². The van der Waals surface area contributed by atoms with E-state index in [9.17, 15) is 0 Å². The number of nitrogens with zero attached hydrogens (tertiary/aromatic N) is 3. The lowest BCUT2D eigenvalue weighted by Gasteiger charge is -2.12. The number of hydrogen-bond acceptors (Lipinski definition) is 4. The van der Waals surface area contributed by atoms with Crippen molar-refractivity contribution in [3.05, 3.63) is 164 Å². The molecule has 47 heavy (non-hydrogen) atoms. The zero-order valence-electron chi connectivity index (χ0n) is 25.3. The maximum atomic E-state index is 5.14. The normalized spacial score (nSPS) is 11.4. The third-order valence-electron chi connectivity index (χ3n) is 8.69. The molecular formula is C43H27N3S. The van der Waals surface area contributed by atoms with E-state index in [2.05, 4.69) is 140 Å². The Balaban J connectivity index is 1.22. The minimum Gasteiger partial charge on any atom is -0.246 e. The van der Waals surface area contributed by atoms with E-state index in [0.717, 1.165) is 50.1 Å². The van der Waals surface area contributed by atoms with Gasteiger partial charge in [0.15, 0.2) is 5.82 Å². The zero-order chi connectivity index (χ0) is 31.2. The highest BCUT2D eigenvalue weighted by molar-refractivity contribution is 7.26. The van der Waals surface area contributed by atoms with Crippen LogP contribution in [-0.4, -0.2) is 15.0 Å². The number of thiophene rings is 1. The van der Waals surface area contributed by atoms with Gasteiger partial charge in [0, 0.05) is 37.7 Å². The van der Waals surface area contributed by atoms with E-state index in [1.54, 1.807) is 0 Å². The van der Waals surface area contributed by atoms with Crippen LogP contribution in [0.2, 0.25) is 0 Å². The van der Waals surface area contributed by atoms with Crippen LogP contribution < -0.4 is 0 Å². The fourth-order valence-electron chi connectivity index (χ4n) is 6.38. The Morgan fingerprint density at radius 2 is 0.957 bits per heavy atom. The molecule has 0 bridgehead atoms. The lowest BCUT2D eigenvalue weighted by Crippen LogP contribution is -1.96. The second-order valence-electron chi connectivity index (χ2n) is 11.6. The minimum atomic E-state index is 0.705.